The van der Waals surface area contributed by atoms with Gasteiger partial charge in [-0.2, -0.15) is 0 Å². The van der Waals surface area contributed by atoms with Gasteiger partial charge < -0.3 is 15.1 Å². The number of hydrogen-bond acceptors (Lipinski definition) is 4. The molecule has 5 nitrogen and oxygen atoms in total. The van der Waals surface area contributed by atoms with Crippen molar-refractivity contribution in [2.24, 2.45) is 0 Å². The average molecular weight is 324 g/mol. The Morgan fingerprint density at radius 2 is 1.83 bits per heavy atom. The number of likely N-dealkylation sites (N-methyl/N-ethyl adjacent to an activating group) is 1. The number of carbonyl (C=O) groups is 1. The van der Waals surface area contributed by atoms with Gasteiger partial charge in [0.1, 0.15) is 5.69 Å². The molecule has 0 saturated carbocycles. The quantitative estimate of drug-likeness (QED) is 0.918. The van der Waals surface area contributed by atoms with Gasteiger partial charge in [-0.15, -0.1) is 0 Å². The van der Waals surface area contributed by atoms with Gasteiger partial charge in [0.25, 0.3) is 5.91 Å². The Hall–Kier alpha value is -2.40. The second-order valence-corrected chi connectivity index (χ2v) is 6.00. The van der Waals surface area contributed by atoms with Crippen LogP contribution in [0.25, 0.3) is 0 Å². The Bertz CT molecular complexity index is 649. The standard InChI is InChI=1S/C19H24N4O/c1-2-22-10-12-23(13-11-22)19(24)18-9-8-17(15-21-18)20-14-16-6-4-3-5-7-16/h3-9,15,20H,2,10-14H2,1H3. The van der Waals surface area contributed by atoms with Gasteiger partial charge in [0, 0.05) is 32.7 Å². The molecular formula is C19H24N4O. The van der Waals surface area contributed by atoms with Crippen molar-refractivity contribution in [2.75, 3.05) is 38.0 Å². The molecular weight excluding hydrogens is 300 g/mol. The molecule has 5 heteroatoms. The van der Waals surface area contributed by atoms with Crippen LogP contribution >= 0.6 is 0 Å². The predicted octanol–water partition coefficient (Wildman–Crippen LogP) is 2.47. The van der Waals surface area contributed by atoms with Crippen molar-refractivity contribution in [1.29, 1.82) is 0 Å². The number of anilines is 1. The normalized spacial score (nSPS) is 15.3. The largest absolute Gasteiger partial charge is 0.380 e. The van der Waals surface area contributed by atoms with E-state index in [0.717, 1.165) is 45.0 Å². The molecule has 0 radical (unpaired) electrons. The molecule has 2 aromatic rings. The second-order valence-electron chi connectivity index (χ2n) is 6.00. The zero-order valence-corrected chi connectivity index (χ0v) is 14.1. The summed E-state index contributed by atoms with van der Waals surface area (Å²) in [6.07, 6.45) is 1.73. The molecule has 1 aliphatic rings. The number of piperazine rings is 1. The van der Waals surface area contributed by atoms with E-state index in [-0.39, 0.29) is 5.91 Å². The maximum atomic E-state index is 12.5. The molecule has 24 heavy (non-hydrogen) atoms. The minimum absolute atomic E-state index is 0.0281. The SMILES string of the molecule is CCN1CCN(C(=O)c2ccc(NCc3ccccc3)cn2)CC1. The smallest absolute Gasteiger partial charge is 0.272 e. The molecule has 1 aliphatic heterocycles. The van der Waals surface area contributed by atoms with E-state index < -0.39 is 0 Å². The molecule has 0 unspecified atom stereocenters. The van der Waals surface area contributed by atoms with E-state index in [1.807, 2.05) is 35.2 Å². The molecule has 0 spiro atoms. The summed E-state index contributed by atoms with van der Waals surface area (Å²) in [6, 6.07) is 13.9. The number of hydrogen-bond donors (Lipinski definition) is 1. The number of carbonyl (C=O) groups excluding carboxylic acids is 1. The van der Waals surface area contributed by atoms with Crippen molar-refractivity contribution >= 4 is 11.6 Å². The lowest BCUT2D eigenvalue weighted by molar-refractivity contribution is 0.0637. The number of amides is 1. The summed E-state index contributed by atoms with van der Waals surface area (Å²) in [5.74, 6) is 0.0281. The number of benzene rings is 1. The molecule has 1 aromatic carbocycles. The molecule has 126 valence electrons. The van der Waals surface area contributed by atoms with Gasteiger partial charge >= 0.3 is 0 Å². The van der Waals surface area contributed by atoms with Crippen LogP contribution in [0.4, 0.5) is 5.69 Å². The third-order valence-electron chi connectivity index (χ3n) is 4.43. The minimum Gasteiger partial charge on any atom is -0.380 e. The Balaban J connectivity index is 1.55. The molecule has 3 rings (SSSR count). The van der Waals surface area contributed by atoms with Crippen LogP contribution in [0.15, 0.2) is 48.7 Å². The monoisotopic (exact) mass is 324 g/mol. The van der Waals surface area contributed by atoms with Crippen molar-refractivity contribution in [3.63, 3.8) is 0 Å². The molecule has 0 atom stereocenters. The van der Waals surface area contributed by atoms with Crippen LogP contribution in [0.1, 0.15) is 23.0 Å². The van der Waals surface area contributed by atoms with Crippen LogP contribution < -0.4 is 5.32 Å². The Labute approximate surface area is 143 Å². The summed E-state index contributed by atoms with van der Waals surface area (Å²) < 4.78 is 0. The zero-order valence-electron chi connectivity index (χ0n) is 14.1. The highest BCUT2D eigenvalue weighted by Crippen LogP contribution is 2.11. The number of nitrogens with one attached hydrogen (secondary N) is 1. The fourth-order valence-corrected chi connectivity index (χ4v) is 2.85. The van der Waals surface area contributed by atoms with Gasteiger partial charge in [0.2, 0.25) is 0 Å². The molecule has 1 amide bonds. The average Bonchev–Trinajstić information content (AvgIpc) is 2.67. The molecule has 1 aromatic heterocycles. The summed E-state index contributed by atoms with van der Waals surface area (Å²) in [4.78, 5) is 21.1. The maximum Gasteiger partial charge on any atom is 0.272 e. The van der Waals surface area contributed by atoms with Crippen LogP contribution in [0.3, 0.4) is 0 Å². The van der Waals surface area contributed by atoms with E-state index >= 15 is 0 Å². The first-order chi connectivity index (χ1) is 11.8. The van der Waals surface area contributed by atoms with Gasteiger partial charge in [-0.05, 0) is 24.2 Å². The van der Waals surface area contributed by atoms with Gasteiger partial charge in [-0.25, -0.2) is 4.98 Å². The number of rotatable bonds is 5. The molecule has 1 fully saturated rings. The molecule has 2 heterocycles. The summed E-state index contributed by atoms with van der Waals surface area (Å²) in [6.45, 7) is 7.39. The molecule has 1 saturated heterocycles. The van der Waals surface area contributed by atoms with Crippen molar-refractivity contribution in [2.45, 2.75) is 13.5 Å². The van der Waals surface area contributed by atoms with Gasteiger partial charge in [-0.1, -0.05) is 37.3 Å². The number of pyridine rings is 1. The van der Waals surface area contributed by atoms with Crippen LogP contribution in [-0.4, -0.2) is 53.4 Å². The molecule has 0 aliphatic carbocycles. The van der Waals surface area contributed by atoms with Crippen LogP contribution in [-0.2, 0) is 6.54 Å². The third-order valence-corrected chi connectivity index (χ3v) is 4.43. The lowest BCUT2D eigenvalue weighted by Gasteiger charge is -2.33. The lowest BCUT2D eigenvalue weighted by atomic mass is 10.2. The van der Waals surface area contributed by atoms with Crippen LogP contribution in [0.5, 0.6) is 0 Å². The molecule has 1 N–H and O–H groups in total. The summed E-state index contributed by atoms with van der Waals surface area (Å²) in [7, 11) is 0. The highest BCUT2D eigenvalue weighted by Gasteiger charge is 2.21. The summed E-state index contributed by atoms with van der Waals surface area (Å²) in [5.41, 5.74) is 2.66. The molecule has 0 bridgehead atoms. The van der Waals surface area contributed by atoms with Gasteiger partial charge in [-0.3, -0.25) is 4.79 Å². The van der Waals surface area contributed by atoms with Gasteiger partial charge in [0.15, 0.2) is 0 Å². The fourth-order valence-electron chi connectivity index (χ4n) is 2.85. The van der Waals surface area contributed by atoms with Crippen molar-refractivity contribution in [3.05, 3.63) is 59.9 Å². The Morgan fingerprint density at radius 3 is 2.46 bits per heavy atom. The zero-order chi connectivity index (χ0) is 16.8. The van der Waals surface area contributed by atoms with Crippen LogP contribution in [0, 0.1) is 0 Å². The highest BCUT2D eigenvalue weighted by atomic mass is 16.2. The van der Waals surface area contributed by atoms with Crippen molar-refractivity contribution < 1.29 is 4.79 Å². The third kappa shape index (κ3) is 4.11. The summed E-state index contributed by atoms with van der Waals surface area (Å²) >= 11 is 0. The predicted molar refractivity (Wildman–Crippen MR) is 96.0 cm³/mol. The fraction of sp³-hybridized carbons (Fsp3) is 0.368. The first kappa shape index (κ1) is 16.5. The second kappa shape index (κ2) is 7.93. The maximum absolute atomic E-state index is 12.5. The van der Waals surface area contributed by atoms with Crippen molar-refractivity contribution in [1.82, 2.24) is 14.8 Å². The van der Waals surface area contributed by atoms with E-state index in [1.54, 1.807) is 6.20 Å². The number of aromatic nitrogens is 1. The van der Waals surface area contributed by atoms with Crippen molar-refractivity contribution in [3.8, 4) is 0 Å². The Morgan fingerprint density at radius 1 is 1.08 bits per heavy atom. The van der Waals surface area contributed by atoms with Crippen LogP contribution in [0.2, 0.25) is 0 Å². The Kier molecular flexibility index (Phi) is 5.43. The van der Waals surface area contributed by atoms with Gasteiger partial charge in [0.05, 0.1) is 11.9 Å². The van der Waals surface area contributed by atoms with E-state index in [2.05, 4.69) is 34.3 Å². The number of nitrogens with zero attached hydrogens (tertiary/aromatic N) is 3. The topological polar surface area (TPSA) is 48.5 Å². The first-order valence-electron chi connectivity index (χ1n) is 8.51. The van der Waals surface area contributed by atoms with E-state index in [4.69, 9.17) is 0 Å². The van der Waals surface area contributed by atoms with E-state index in [9.17, 15) is 4.79 Å². The highest BCUT2D eigenvalue weighted by molar-refractivity contribution is 5.92. The summed E-state index contributed by atoms with van der Waals surface area (Å²) in [5, 5.41) is 3.33. The van der Waals surface area contributed by atoms with E-state index in [0.29, 0.717) is 5.69 Å². The minimum atomic E-state index is 0.0281. The first-order valence-corrected chi connectivity index (χ1v) is 8.51. The lowest BCUT2D eigenvalue weighted by Crippen LogP contribution is -2.48. The van der Waals surface area contributed by atoms with E-state index in [1.165, 1.54) is 5.56 Å².